The van der Waals surface area contributed by atoms with Crippen LogP contribution in [0, 0.1) is 18.8 Å². The summed E-state index contributed by atoms with van der Waals surface area (Å²) in [5, 5.41) is 8.83. The molecule has 1 fully saturated rings. The van der Waals surface area contributed by atoms with E-state index < -0.39 is 15.0 Å². The summed E-state index contributed by atoms with van der Waals surface area (Å²) in [7, 11) is 1.30. The molecule has 0 bridgehead atoms. The summed E-state index contributed by atoms with van der Waals surface area (Å²) in [6, 6.07) is 0. The second-order valence-electron chi connectivity index (χ2n) is 4.65. The van der Waals surface area contributed by atoms with Crippen molar-refractivity contribution in [2.24, 2.45) is 11.8 Å². The molecule has 1 aromatic heterocycles. The lowest BCUT2D eigenvalue weighted by molar-refractivity contribution is 0.0943. The maximum atomic E-state index is 11.8. The monoisotopic (exact) mass is 291 g/mol. The molecule has 2 N–H and O–H groups in total. The molecule has 18 heavy (non-hydrogen) atoms. The Kier molecular flexibility index (Phi) is 3.37. The van der Waals surface area contributed by atoms with Gasteiger partial charge in [-0.15, -0.1) is 0 Å². The van der Waals surface area contributed by atoms with E-state index in [9.17, 15) is 13.2 Å². The number of carbonyl (C=O) groups is 1. The van der Waals surface area contributed by atoms with Crippen LogP contribution in [0.15, 0.2) is 4.90 Å². The number of aromatic amines is 1. The van der Waals surface area contributed by atoms with Gasteiger partial charge in [0.25, 0.3) is 15.0 Å². The Morgan fingerprint density at radius 3 is 2.72 bits per heavy atom. The Morgan fingerprint density at radius 1 is 1.61 bits per heavy atom. The van der Waals surface area contributed by atoms with Gasteiger partial charge < -0.3 is 5.32 Å². The van der Waals surface area contributed by atoms with Gasteiger partial charge in [0.15, 0.2) is 5.69 Å². The first-order valence-corrected chi connectivity index (χ1v) is 7.89. The molecule has 0 aromatic carbocycles. The van der Waals surface area contributed by atoms with Crippen molar-refractivity contribution in [1.82, 2.24) is 15.5 Å². The predicted octanol–water partition coefficient (Wildman–Crippen LogP) is 1.03. The molecule has 0 radical (unpaired) electrons. The minimum atomic E-state index is -3.98. The minimum absolute atomic E-state index is 0.171. The van der Waals surface area contributed by atoms with Crippen molar-refractivity contribution < 1.29 is 13.2 Å². The Hall–Kier alpha value is -1.08. The van der Waals surface area contributed by atoms with E-state index >= 15 is 0 Å². The first-order valence-electron chi connectivity index (χ1n) is 5.58. The van der Waals surface area contributed by atoms with E-state index in [4.69, 9.17) is 10.7 Å². The maximum Gasteiger partial charge on any atom is 0.273 e. The van der Waals surface area contributed by atoms with Gasteiger partial charge in [0.1, 0.15) is 4.90 Å². The zero-order valence-corrected chi connectivity index (χ0v) is 11.6. The van der Waals surface area contributed by atoms with Gasteiger partial charge in [0.2, 0.25) is 0 Å². The molecule has 2 unspecified atom stereocenters. The molecule has 0 aliphatic heterocycles. The van der Waals surface area contributed by atoms with Crippen LogP contribution >= 0.6 is 10.7 Å². The van der Waals surface area contributed by atoms with Crippen LogP contribution in [0.1, 0.15) is 29.5 Å². The van der Waals surface area contributed by atoms with Crippen molar-refractivity contribution in [3.63, 3.8) is 0 Å². The Balaban J connectivity index is 2.15. The van der Waals surface area contributed by atoms with Gasteiger partial charge in [-0.2, -0.15) is 5.10 Å². The van der Waals surface area contributed by atoms with Crippen molar-refractivity contribution >= 4 is 25.6 Å². The Labute approximate surface area is 110 Å². The van der Waals surface area contributed by atoms with Crippen LogP contribution in [-0.4, -0.2) is 31.1 Å². The van der Waals surface area contributed by atoms with Gasteiger partial charge in [0, 0.05) is 17.2 Å². The molecular formula is C10H14ClN3O3S. The normalized spacial score (nSPS) is 22.8. The summed E-state index contributed by atoms with van der Waals surface area (Å²) in [6.45, 7) is 4.14. The highest BCUT2D eigenvalue weighted by atomic mass is 35.7. The minimum Gasteiger partial charge on any atom is -0.350 e. The second kappa shape index (κ2) is 4.55. The van der Waals surface area contributed by atoms with Gasteiger partial charge in [-0.3, -0.25) is 9.89 Å². The molecule has 1 aliphatic carbocycles. The third kappa shape index (κ3) is 2.67. The highest BCUT2D eigenvalue weighted by Crippen LogP contribution is 2.36. The average molecular weight is 292 g/mol. The highest BCUT2D eigenvalue weighted by Gasteiger charge is 2.33. The molecule has 8 heteroatoms. The summed E-state index contributed by atoms with van der Waals surface area (Å²) in [6.07, 6.45) is 1.08. The number of hydrogen-bond acceptors (Lipinski definition) is 4. The zero-order valence-electron chi connectivity index (χ0n) is 10.0. The van der Waals surface area contributed by atoms with Crippen LogP contribution in [0.2, 0.25) is 0 Å². The fraction of sp³-hybridized carbons (Fsp3) is 0.600. The molecule has 0 spiro atoms. The first kappa shape index (κ1) is 13.4. The van der Waals surface area contributed by atoms with Gasteiger partial charge >= 0.3 is 0 Å². The second-order valence-corrected chi connectivity index (χ2v) is 7.15. The number of carbonyl (C=O) groups excluding carboxylic acids is 1. The number of hydrogen-bond donors (Lipinski definition) is 2. The number of H-pyrrole nitrogens is 1. The van der Waals surface area contributed by atoms with Crippen molar-refractivity contribution in [2.45, 2.75) is 25.2 Å². The van der Waals surface area contributed by atoms with Crippen LogP contribution < -0.4 is 5.32 Å². The van der Waals surface area contributed by atoms with Gasteiger partial charge in [0.05, 0.1) is 5.69 Å². The summed E-state index contributed by atoms with van der Waals surface area (Å²) in [5.74, 6) is 0.574. The lowest BCUT2D eigenvalue weighted by atomic mass is 10.3. The third-order valence-corrected chi connectivity index (χ3v) is 4.60. The molecule has 0 saturated heterocycles. The lowest BCUT2D eigenvalue weighted by Gasteiger charge is -2.03. The van der Waals surface area contributed by atoms with Crippen LogP contribution in [0.25, 0.3) is 0 Å². The number of amides is 1. The molecule has 1 aliphatic rings. The van der Waals surface area contributed by atoms with E-state index in [1.165, 1.54) is 6.92 Å². The lowest BCUT2D eigenvalue weighted by Crippen LogP contribution is -2.27. The van der Waals surface area contributed by atoms with E-state index in [1.807, 2.05) is 0 Å². The van der Waals surface area contributed by atoms with Gasteiger partial charge in [-0.1, -0.05) is 6.92 Å². The Bertz CT molecular complexity index is 581. The molecule has 100 valence electrons. The van der Waals surface area contributed by atoms with Crippen molar-refractivity contribution in [3.05, 3.63) is 11.4 Å². The first-order chi connectivity index (χ1) is 8.30. The predicted molar refractivity (Wildman–Crippen MR) is 66.0 cm³/mol. The third-order valence-electron chi connectivity index (χ3n) is 3.15. The number of nitrogens with zero attached hydrogens (tertiary/aromatic N) is 1. The van der Waals surface area contributed by atoms with Crippen LogP contribution in [-0.2, 0) is 9.05 Å². The van der Waals surface area contributed by atoms with E-state index in [2.05, 4.69) is 22.4 Å². The number of nitrogens with one attached hydrogen (secondary N) is 2. The number of halogens is 1. The molecule has 6 nitrogen and oxygen atoms in total. The largest absolute Gasteiger partial charge is 0.350 e. The van der Waals surface area contributed by atoms with Crippen LogP contribution in [0.5, 0.6) is 0 Å². The van der Waals surface area contributed by atoms with E-state index in [1.54, 1.807) is 0 Å². The number of rotatable bonds is 4. The summed E-state index contributed by atoms with van der Waals surface area (Å²) in [4.78, 5) is 11.6. The smallest absolute Gasteiger partial charge is 0.273 e. The maximum absolute atomic E-state index is 11.8. The van der Waals surface area contributed by atoms with Crippen molar-refractivity contribution in [1.29, 1.82) is 0 Å². The molecule has 2 rings (SSSR count). The molecule has 1 heterocycles. The fourth-order valence-electron chi connectivity index (χ4n) is 1.86. The molecular weight excluding hydrogens is 278 g/mol. The summed E-state index contributed by atoms with van der Waals surface area (Å²) in [5.41, 5.74) is 0.0887. The summed E-state index contributed by atoms with van der Waals surface area (Å²) < 4.78 is 22.7. The number of aromatic nitrogens is 2. The molecule has 2 atom stereocenters. The van der Waals surface area contributed by atoms with Crippen LogP contribution in [0.4, 0.5) is 0 Å². The standard InChI is InChI=1S/C10H14ClN3O3S/c1-5-3-7(5)4-12-10(15)8-9(18(11,16)17)6(2)13-14-8/h5,7H,3-4H2,1-2H3,(H,12,15)(H,13,14). The van der Waals surface area contributed by atoms with E-state index in [-0.39, 0.29) is 16.3 Å². The van der Waals surface area contributed by atoms with Crippen LogP contribution in [0.3, 0.4) is 0 Å². The molecule has 1 amide bonds. The quantitative estimate of drug-likeness (QED) is 0.811. The SMILES string of the molecule is Cc1[nH]nc(C(=O)NCC2CC2C)c1S(=O)(=O)Cl. The zero-order chi connectivity index (χ0) is 13.5. The van der Waals surface area contributed by atoms with Gasteiger partial charge in [-0.05, 0) is 25.2 Å². The molecule has 1 saturated carbocycles. The van der Waals surface area contributed by atoms with Crippen molar-refractivity contribution in [3.8, 4) is 0 Å². The topological polar surface area (TPSA) is 91.9 Å². The summed E-state index contributed by atoms with van der Waals surface area (Å²) >= 11 is 0. The highest BCUT2D eigenvalue weighted by molar-refractivity contribution is 8.13. The fourth-order valence-corrected chi connectivity index (χ4v) is 3.21. The Morgan fingerprint density at radius 2 is 2.22 bits per heavy atom. The van der Waals surface area contributed by atoms with E-state index in [0.29, 0.717) is 18.4 Å². The average Bonchev–Trinajstić information content (AvgIpc) is 2.78. The number of aryl methyl sites for hydroxylation is 1. The van der Waals surface area contributed by atoms with E-state index in [0.717, 1.165) is 6.42 Å². The van der Waals surface area contributed by atoms with Gasteiger partial charge in [-0.25, -0.2) is 8.42 Å². The van der Waals surface area contributed by atoms with Crippen molar-refractivity contribution in [2.75, 3.05) is 6.54 Å². The molecule has 1 aromatic rings.